The summed E-state index contributed by atoms with van der Waals surface area (Å²) < 4.78 is 19.3. The van der Waals surface area contributed by atoms with E-state index < -0.39 is 0 Å². The van der Waals surface area contributed by atoms with E-state index in [0.717, 1.165) is 12.1 Å². The Morgan fingerprint density at radius 1 is 1.37 bits per heavy atom. The van der Waals surface area contributed by atoms with Crippen LogP contribution in [0.25, 0.3) is 0 Å². The van der Waals surface area contributed by atoms with Crippen LogP contribution in [0, 0.1) is 18.7 Å². The first-order valence-corrected chi connectivity index (χ1v) is 7.33. The van der Waals surface area contributed by atoms with Gasteiger partial charge in [-0.2, -0.15) is 0 Å². The molecule has 1 saturated carbocycles. The highest BCUT2D eigenvalue weighted by Crippen LogP contribution is 2.28. The van der Waals surface area contributed by atoms with Crippen molar-refractivity contribution in [2.45, 2.75) is 45.6 Å². The minimum Gasteiger partial charge on any atom is -0.489 e. The number of likely N-dealkylation sites (N-methyl/N-ethyl adjacent to an activating group) is 1. The third-order valence-electron chi connectivity index (χ3n) is 3.94. The molecular weight excluding hydrogens is 241 g/mol. The van der Waals surface area contributed by atoms with Crippen molar-refractivity contribution in [3.8, 4) is 5.75 Å². The fourth-order valence-corrected chi connectivity index (χ4v) is 2.88. The average Bonchev–Trinajstić information content (AvgIpc) is 2.92. The highest BCUT2D eigenvalue weighted by Gasteiger charge is 2.25. The molecular formula is C16H24FNO. The highest BCUT2D eigenvalue weighted by atomic mass is 19.1. The predicted octanol–water partition coefficient (Wildman–Crippen LogP) is 3.68. The van der Waals surface area contributed by atoms with Crippen LogP contribution in [0.5, 0.6) is 5.75 Å². The smallest absolute Gasteiger partial charge is 0.165 e. The van der Waals surface area contributed by atoms with E-state index in [1.165, 1.54) is 31.7 Å². The molecule has 0 spiro atoms. The molecule has 1 aromatic rings. The molecule has 0 bridgehead atoms. The van der Waals surface area contributed by atoms with Crippen LogP contribution in [0.15, 0.2) is 18.2 Å². The van der Waals surface area contributed by atoms with E-state index in [-0.39, 0.29) is 5.82 Å². The molecule has 1 unspecified atom stereocenters. The molecule has 0 saturated heterocycles. The van der Waals surface area contributed by atoms with Gasteiger partial charge in [-0.3, -0.25) is 0 Å². The van der Waals surface area contributed by atoms with Crippen molar-refractivity contribution in [2.24, 2.45) is 5.92 Å². The summed E-state index contributed by atoms with van der Waals surface area (Å²) in [6.07, 6.45) is 5.14. The number of hydrogen-bond donors (Lipinski definition) is 1. The van der Waals surface area contributed by atoms with Crippen LogP contribution in [0.1, 0.15) is 38.2 Å². The molecule has 0 amide bonds. The van der Waals surface area contributed by atoms with Crippen molar-refractivity contribution in [3.63, 3.8) is 0 Å². The summed E-state index contributed by atoms with van der Waals surface area (Å²) in [5, 5.41) is 3.48. The maximum absolute atomic E-state index is 13.6. The number of aryl methyl sites for hydroxylation is 1. The van der Waals surface area contributed by atoms with Gasteiger partial charge in [0, 0.05) is 6.04 Å². The molecule has 0 heterocycles. The molecule has 1 aromatic carbocycles. The minimum absolute atomic E-state index is 0.271. The van der Waals surface area contributed by atoms with Crippen LogP contribution >= 0.6 is 0 Å². The molecule has 0 radical (unpaired) electrons. The van der Waals surface area contributed by atoms with Gasteiger partial charge in [0.05, 0.1) is 0 Å². The van der Waals surface area contributed by atoms with E-state index in [4.69, 9.17) is 4.74 Å². The van der Waals surface area contributed by atoms with E-state index >= 15 is 0 Å². The number of ether oxygens (including phenoxy) is 1. The minimum atomic E-state index is -0.271. The van der Waals surface area contributed by atoms with E-state index in [0.29, 0.717) is 24.3 Å². The van der Waals surface area contributed by atoms with Crippen LogP contribution in [0.3, 0.4) is 0 Å². The monoisotopic (exact) mass is 265 g/mol. The maximum atomic E-state index is 13.6. The summed E-state index contributed by atoms with van der Waals surface area (Å²) in [6.45, 7) is 5.54. The van der Waals surface area contributed by atoms with Crippen molar-refractivity contribution in [2.75, 3.05) is 13.2 Å². The third-order valence-corrected chi connectivity index (χ3v) is 3.94. The van der Waals surface area contributed by atoms with Crippen LogP contribution in [0.4, 0.5) is 4.39 Å². The summed E-state index contributed by atoms with van der Waals surface area (Å²) >= 11 is 0. The Hall–Kier alpha value is -1.09. The van der Waals surface area contributed by atoms with Crippen molar-refractivity contribution in [1.82, 2.24) is 5.32 Å². The van der Waals surface area contributed by atoms with Crippen LogP contribution in [-0.4, -0.2) is 19.2 Å². The number of benzene rings is 1. The van der Waals surface area contributed by atoms with Crippen molar-refractivity contribution < 1.29 is 9.13 Å². The zero-order valence-corrected chi connectivity index (χ0v) is 11.9. The Bertz CT molecular complexity index is 402. The lowest BCUT2D eigenvalue weighted by Crippen LogP contribution is -2.40. The van der Waals surface area contributed by atoms with Crippen LogP contribution < -0.4 is 10.1 Å². The molecule has 106 valence electrons. The fraction of sp³-hybridized carbons (Fsp3) is 0.625. The molecule has 1 fully saturated rings. The lowest BCUT2D eigenvalue weighted by Gasteiger charge is -2.24. The zero-order valence-electron chi connectivity index (χ0n) is 11.9. The summed E-state index contributed by atoms with van der Waals surface area (Å²) in [7, 11) is 0. The van der Waals surface area contributed by atoms with Gasteiger partial charge in [-0.1, -0.05) is 25.8 Å². The Kier molecular flexibility index (Phi) is 5.20. The Balaban J connectivity index is 1.95. The summed E-state index contributed by atoms with van der Waals surface area (Å²) in [5.41, 5.74) is 1.03. The number of rotatable bonds is 6. The first kappa shape index (κ1) is 14.3. The van der Waals surface area contributed by atoms with Gasteiger partial charge >= 0.3 is 0 Å². The molecule has 2 nitrogen and oxygen atoms in total. The number of nitrogens with one attached hydrogen (secondary N) is 1. The van der Waals surface area contributed by atoms with Gasteiger partial charge in [-0.05, 0) is 49.9 Å². The van der Waals surface area contributed by atoms with Gasteiger partial charge < -0.3 is 10.1 Å². The lowest BCUT2D eigenvalue weighted by molar-refractivity contribution is 0.212. The normalized spacial score (nSPS) is 17.6. The Morgan fingerprint density at radius 3 is 2.79 bits per heavy atom. The summed E-state index contributed by atoms with van der Waals surface area (Å²) in [6, 6.07) is 5.35. The van der Waals surface area contributed by atoms with Gasteiger partial charge in [0.15, 0.2) is 11.6 Å². The van der Waals surface area contributed by atoms with Crippen LogP contribution in [-0.2, 0) is 0 Å². The molecule has 0 aliphatic heterocycles. The van der Waals surface area contributed by atoms with Gasteiger partial charge in [0.1, 0.15) is 6.61 Å². The third kappa shape index (κ3) is 3.93. The second kappa shape index (κ2) is 6.90. The molecule has 1 aliphatic rings. The molecule has 3 heteroatoms. The van der Waals surface area contributed by atoms with Gasteiger partial charge in [-0.25, -0.2) is 4.39 Å². The summed E-state index contributed by atoms with van der Waals surface area (Å²) in [5.74, 6) is 0.779. The van der Waals surface area contributed by atoms with E-state index in [9.17, 15) is 4.39 Å². The van der Waals surface area contributed by atoms with Crippen LogP contribution in [0.2, 0.25) is 0 Å². The first-order valence-electron chi connectivity index (χ1n) is 7.33. The fourth-order valence-electron chi connectivity index (χ4n) is 2.88. The summed E-state index contributed by atoms with van der Waals surface area (Å²) in [4.78, 5) is 0. The molecule has 1 N–H and O–H groups in total. The average molecular weight is 265 g/mol. The Labute approximate surface area is 115 Å². The number of halogens is 1. The SMILES string of the molecule is CCNC(COc1cc(C)ccc1F)C1CCCC1. The van der Waals surface area contributed by atoms with E-state index in [1.54, 1.807) is 12.1 Å². The van der Waals surface area contributed by atoms with Gasteiger partial charge in [0.2, 0.25) is 0 Å². The van der Waals surface area contributed by atoms with Crippen molar-refractivity contribution >= 4 is 0 Å². The van der Waals surface area contributed by atoms with Gasteiger partial charge in [0.25, 0.3) is 0 Å². The maximum Gasteiger partial charge on any atom is 0.165 e. The number of hydrogen-bond acceptors (Lipinski definition) is 2. The topological polar surface area (TPSA) is 21.3 Å². The van der Waals surface area contributed by atoms with Crippen molar-refractivity contribution in [1.29, 1.82) is 0 Å². The first-order chi connectivity index (χ1) is 9.20. The lowest BCUT2D eigenvalue weighted by atomic mass is 9.99. The second-order valence-corrected chi connectivity index (χ2v) is 5.45. The molecule has 0 aromatic heterocycles. The predicted molar refractivity (Wildman–Crippen MR) is 76.1 cm³/mol. The van der Waals surface area contributed by atoms with E-state index in [1.807, 2.05) is 6.92 Å². The Morgan fingerprint density at radius 2 is 2.11 bits per heavy atom. The second-order valence-electron chi connectivity index (χ2n) is 5.45. The zero-order chi connectivity index (χ0) is 13.7. The largest absolute Gasteiger partial charge is 0.489 e. The molecule has 2 rings (SSSR count). The van der Waals surface area contributed by atoms with Crippen molar-refractivity contribution in [3.05, 3.63) is 29.6 Å². The highest BCUT2D eigenvalue weighted by molar-refractivity contribution is 5.29. The standard InChI is InChI=1S/C16H24FNO/c1-3-18-15(13-6-4-5-7-13)11-19-16-10-12(2)8-9-14(16)17/h8-10,13,15,18H,3-7,11H2,1-2H3. The molecule has 1 atom stereocenters. The van der Waals surface area contributed by atoms with E-state index in [2.05, 4.69) is 12.2 Å². The quantitative estimate of drug-likeness (QED) is 0.847. The van der Waals surface area contributed by atoms with Gasteiger partial charge in [-0.15, -0.1) is 0 Å². The molecule has 1 aliphatic carbocycles. The molecule has 19 heavy (non-hydrogen) atoms.